The van der Waals surface area contributed by atoms with Crippen LogP contribution in [-0.4, -0.2) is 16.1 Å². The molecule has 5 nitrogen and oxygen atoms in total. The second-order valence-electron chi connectivity index (χ2n) is 3.55. The molecule has 4 N–H and O–H groups in total. The Morgan fingerprint density at radius 1 is 1.56 bits per heavy atom. The van der Waals surface area contributed by atoms with Gasteiger partial charge in [0.25, 0.3) is 0 Å². The van der Waals surface area contributed by atoms with Crippen LogP contribution in [0.25, 0.3) is 0 Å². The summed E-state index contributed by atoms with van der Waals surface area (Å²) < 4.78 is 1.03. The molecule has 7 heteroatoms. The minimum absolute atomic E-state index is 0.0805. The minimum atomic E-state index is -1.04. The smallest absolute Gasteiger partial charge is 0.337 e. The Labute approximate surface area is 116 Å². The highest BCUT2D eigenvalue weighted by atomic mass is 79.9. The van der Waals surface area contributed by atoms with Crippen LogP contribution < -0.4 is 11.1 Å². The molecule has 0 bridgehead atoms. The van der Waals surface area contributed by atoms with Crippen molar-refractivity contribution in [3.8, 4) is 0 Å². The van der Waals surface area contributed by atoms with Crippen molar-refractivity contribution in [1.82, 2.24) is 4.98 Å². The van der Waals surface area contributed by atoms with Crippen LogP contribution in [0.2, 0.25) is 0 Å². The number of aromatic nitrogens is 1. The van der Waals surface area contributed by atoms with Crippen molar-refractivity contribution >= 4 is 44.7 Å². The van der Waals surface area contributed by atoms with Crippen molar-refractivity contribution < 1.29 is 9.90 Å². The molecule has 0 aliphatic carbocycles. The summed E-state index contributed by atoms with van der Waals surface area (Å²) >= 11 is 4.99. The van der Waals surface area contributed by atoms with E-state index in [0.717, 1.165) is 9.35 Å². The van der Waals surface area contributed by atoms with Crippen molar-refractivity contribution in [2.24, 2.45) is 0 Å². The van der Waals surface area contributed by atoms with E-state index in [-0.39, 0.29) is 5.56 Å². The van der Waals surface area contributed by atoms with Crippen LogP contribution in [0, 0.1) is 0 Å². The van der Waals surface area contributed by atoms with Crippen LogP contribution in [0.3, 0.4) is 0 Å². The number of halogens is 1. The Balaban J connectivity index is 2.08. The van der Waals surface area contributed by atoms with Crippen LogP contribution in [0.15, 0.2) is 28.2 Å². The van der Waals surface area contributed by atoms with Gasteiger partial charge in [0.05, 0.1) is 17.8 Å². The molecule has 94 valence electrons. The van der Waals surface area contributed by atoms with Gasteiger partial charge in [0, 0.05) is 20.9 Å². The fourth-order valence-corrected chi connectivity index (χ4v) is 2.75. The van der Waals surface area contributed by atoms with Gasteiger partial charge >= 0.3 is 5.97 Å². The molecule has 2 heterocycles. The largest absolute Gasteiger partial charge is 0.478 e. The Bertz CT molecular complexity index is 585. The van der Waals surface area contributed by atoms with E-state index in [1.165, 1.54) is 12.3 Å². The molecule has 0 saturated heterocycles. The molecule has 0 spiro atoms. The number of nitrogen functional groups attached to an aromatic ring is 1. The van der Waals surface area contributed by atoms with Gasteiger partial charge in [0.1, 0.15) is 5.82 Å². The number of carboxylic acids is 1. The first-order valence-corrected chi connectivity index (χ1v) is 6.69. The summed E-state index contributed by atoms with van der Waals surface area (Å²) in [6.07, 6.45) is 1.28. The predicted molar refractivity (Wildman–Crippen MR) is 75.0 cm³/mol. The molecule has 0 amide bonds. The zero-order chi connectivity index (χ0) is 13.1. The Hall–Kier alpha value is -1.60. The molecule has 0 aliphatic rings. The number of anilines is 2. The first kappa shape index (κ1) is 12.8. The van der Waals surface area contributed by atoms with E-state index in [1.54, 1.807) is 11.3 Å². The highest BCUT2D eigenvalue weighted by Gasteiger charge is 2.07. The molecule has 2 aromatic rings. The molecule has 0 unspecified atom stereocenters. The third kappa shape index (κ3) is 2.99. The number of nitrogens with zero attached hydrogens (tertiary/aromatic N) is 1. The number of pyridine rings is 1. The number of carboxylic acid groups (broad SMARTS) is 1. The lowest BCUT2D eigenvalue weighted by molar-refractivity contribution is 0.0696. The van der Waals surface area contributed by atoms with E-state index >= 15 is 0 Å². The van der Waals surface area contributed by atoms with Crippen molar-refractivity contribution in [2.75, 3.05) is 11.1 Å². The van der Waals surface area contributed by atoms with E-state index < -0.39 is 5.97 Å². The lowest BCUT2D eigenvalue weighted by Gasteiger charge is -2.07. The highest BCUT2D eigenvalue weighted by molar-refractivity contribution is 9.10. The molecule has 2 rings (SSSR count). The summed E-state index contributed by atoms with van der Waals surface area (Å²) in [7, 11) is 0. The van der Waals surface area contributed by atoms with E-state index in [2.05, 4.69) is 26.2 Å². The molecule has 2 aromatic heterocycles. The summed E-state index contributed by atoms with van der Waals surface area (Å²) in [5.41, 5.74) is 6.14. The summed E-state index contributed by atoms with van der Waals surface area (Å²) in [5.74, 6) is -0.549. The quantitative estimate of drug-likeness (QED) is 0.803. The summed E-state index contributed by atoms with van der Waals surface area (Å²) in [6, 6.07) is 3.39. The monoisotopic (exact) mass is 327 g/mol. The molecule has 0 radical (unpaired) electrons. The number of rotatable bonds is 4. The van der Waals surface area contributed by atoms with Crippen LogP contribution in [0.1, 0.15) is 15.2 Å². The zero-order valence-electron chi connectivity index (χ0n) is 9.18. The van der Waals surface area contributed by atoms with E-state index in [1.807, 2.05) is 11.4 Å². The average molecular weight is 328 g/mol. The van der Waals surface area contributed by atoms with Crippen LogP contribution in [0.4, 0.5) is 11.5 Å². The highest BCUT2D eigenvalue weighted by Crippen LogP contribution is 2.22. The van der Waals surface area contributed by atoms with Gasteiger partial charge < -0.3 is 16.2 Å². The normalized spacial score (nSPS) is 10.3. The third-order valence-electron chi connectivity index (χ3n) is 2.22. The van der Waals surface area contributed by atoms with Gasteiger partial charge in [-0.25, -0.2) is 9.78 Å². The van der Waals surface area contributed by atoms with Crippen molar-refractivity contribution in [2.45, 2.75) is 6.54 Å². The van der Waals surface area contributed by atoms with Crippen LogP contribution in [-0.2, 0) is 6.54 Å². The predicted octanol–water partition coefficient (Wildman–Crippen LogP) is 2.80. The number of hydrogen-bond donors (Lipinski definition) is 3. The van der Waals surface area contributed by atoms with Gasteiger partial charge in [-0.2, -0.15) is 0 Å². The number of thiophene rings is 1. The fourth-order valence-electron chi connectivity index (χ4n) is 1.36. The Morgan fingerprint density at radius 3 is 2.89 bits per heavy atom. The third-order valence-corrected chi connectivity index (χ3v) is 3.91. The number of carbonyl (C=O) groups is 1. The second-order valence-corrected chi connectivity index (χ2v) is 5.46. The minimum Gasteiger partial charge on any atom is -0.478 e. The topological polar surface area (TPSA) is 88.2 Å². The second kappa shape index (κ2) is 5.36. The van der Waals surface area contributed by atoms with E-state index in [0.29, 0.717) is 18.1 Å². The number of aromatic carboxylic acids is 1. The van der Waals surface area contributed by atoms with Crippen LogP contribution in [0.5, 0.6) is 0 Å². The van der Waals surface area contributed by atoms with Gasteiger partial charge in [0.2, 0.25) is 0 Å². The Morgan fingerprint density at radius 2 is 2.33 bits per heavy atom. The summed E-state index contributed by atoms with van der Waals surface area (Å²) in [5, 5.41) is 13.8. The van der Waals surface area contributed by atoms with Crippen LogP contribution >= 0.6 is 27.3 Å². The van der Waals surface area contributed by atoms with Gasteiger partial charge in [-0.3, -0.25) is 0 Å². The van der Waals surface area contributed by atoms with Gasteiger partial charge in [-0.05, 0) is 28.1 Å². The number of hydrogen-bond acceptors (Lipinski definition) is 5. The lowest BCUT2D eigenvalue weighted by atomic mass is 10.2. The van der Waals surface area contributed by atoms with Crippen molar-refractivity contribution in [1.29, 1.82) is 0 Å². The summed E-state index contributed by atoms with van der Waals surface area (Å²) in [4.78, 5) is 15.9. The van der Waals surface area contributed by atoms with Crippen molar-refractivity contribution in [3.63, 3.8) is 0 Å². The lowest BCUT2D eigenvalue weighted by Crippen LogP contribution is -2.06. The first-order chi connectivity index (χ1) is 8.56. The molecule has 0 fully saturated rings. The number of nitrogens with two attached hydrogens (primary N) is 1. The Kier molecular flexibility index (Phi) is 3.83. The molecule has 0 aliphatic heterocycles. The molecule has 18 heavy (non-hydrogen) atoms. The SMILES string of the molecule is Nc1cc(C(=O)O)cnc1NCc1cc(Br)cs1. The maximum absolute atomic E-state index is 10.7. The maximum atomic E-state index is 10.7. The summed E-state index contributed by atoms with van der Waals surface area (Å²) in [6.45, 7) is 0.597. The van der Waals surface area contributed by atoms with E-state index in [9.17, 15) is 4.79 Å². The standard InChI is InChI=1S/C11H10BrN3O2S/c12-7-2-8(18-5-7)4-15-10-9(13)1-6(3-14-10)11(16)17/h1-3,5H,4,13H2,(H,14,15)(H,16,17). The van der Waals surface area contributed by atoms with Crippen molar-refractivity contribution in [3.05, 3.63) is 38.6 Å². The van der Waals surface area contributed by atoms with Gasteiger partial charge in [0.15, 0.2) is 0 Å². The number of nitrogens with one attached hydrogen (secondary N) is 1. The molecular weight excluding hydrogens is 318 g/mol. The molecule has 0 aromatic carbocycles. The van der Waals surface area contributed by atoms with E-state index in [4.69, 9.17) is 10.8 Å². The first-order valence-electron chi connectivity index (χ1n) is 5.02. The molecule has 0 atom stereocenters. The van der Waals surface area contributed by atoms with Gasteiger partial charge in [-0.1, -0.05) is 0 Å². The zero-order valence-corrected chi connectivity index (χ0v) is 11.6. The molecule has 0 saturated carbocycles. The van der Waals surface area contributed by atoms with Gasteiger partial charge in [-0.15, -0.1) is 11.3 Å². The average Bonchev–Trinajstić information content (AvgIpc) is 2.73. The fraction of sp³-hybridized carbons (Fsp3) is 0.0909. The molecular formula is C11H10BrN3O2S. The maximum Gasteiger partial charge on any atom is 0.337 e.